The standard InChI is InChI=1S/C24H33ClN4O5/c25-19-6-4-17(5-7-19)23(32)28-20(24(33)34)14-27-22(31)18-2-1-13-29(15-18)21(30)8-3-16-9-11-26-12-10-16/h4-7,16,18,20,26H,1-3,8-15H2,(H,27,31)(H,28,32)(H,33,34)/t18-,20+/m1/s1. The van der Waals surface area contributed by atoms with Gasteiger partial charge < -0.3 is 26.0 Å². The van der Waals surface area contributed by atoms with Crippen LogP contribution in [0.2, 0.25) is 5.02 Å². The molecular weight excluding hydrogens is 460 g/mol. The number of amides is 3. The van der Waals surface area contributed by atoms with Crippen molar-refractivity contribution in [2.45, 2.75) is 44.6 Å². The first-order chi connectivity index (χ1) is 16.3. The molecule has 2 aliphatic heterocycles. The molecule has 2 aliphatic rings. The van der Waals surface area contributed by atoms with Gasteiger partial charge in [-0.2, -0.15) is 0 Å². The van der Waals surface area contributed by atoms with E-state index in [1.165, 1.54) is 24.3 Å². The Morgan fingerprint density at radius 3 is 2.50 bits per heavy atom. The Bertz CT molecular complexity index is 873. The Hall–Kier alpha value is -2.65. The Morgan fingerprint density at radius 2 is 1.82 bits per heavy atom. The smallest absolute Gasteiger partial charge is 0.328 e. The molecule has 2 fully saturated rings. The van der Waals surface area contributed by atoms with Gasteiger partial charge in [0.05, 0.1) is 5.92 Å². The summed E-state index contributed by atoms with van der Waals surface area (Å²) in [6.07, 6.45) is 4.93. The molecule has 2 atom stereocenters. The summed E-state index contributed by atoms with van der Waals surface area (Å²) in [7, 11) is 0. The van der Waals surface area contributed by atoms with Gasteiger partial charge in [-0.15, -0.1) is 0 Å². The van der Waals surface area contributed by atoms with Crippen molar-refractivity contribution in [3.05, 3.63) is 34.9 Å². The largest absolute Gasteiger partial charge is 0.480 e. The first kappa shape index (κ1) is 26.0. The maximum absolute atomic E-state index is 12.7. The molecule has 0 radical (unpaired) electrons. The molecular formula is C24H33ClN4O5. The first-order valence-corrected chi connectivity index (χ1v) is 12.3. The highest BCUT2D eigenvalue weighted by atomic mass is 35.5. The zero-order valence-corrected chi connectivity index (χ0v) is 20.0. The number of rotatable bonds is 9. The minimum absolute atomic E-state index is 0.0784. The van der Waals surface area contributed by atoms with E-state index >= 15 is 0 Å². The van der Waals surface area contributed by atoms with Gasteiger partial charge in [-0.3, -0.25) is 14.4 Å². The molecule has 4 N–H and O–H groups in total. The van der Waals surface area contributed by atoms with Crippen LogP contribution in [0, 0.1) is 11.8 Å². The minimum Gasteiger partial charge on any atom is -0.480 e. The Morgan fingerprint density at radius 1 is 1.12 bits per heavy atom. The average molecular weight is 493 g/mol. The van der Waals surface area contributed by atoms with Crippen LogP contribution in [0.3, 0.4) is 0 Å². The number of aliphatic carboxylic acids is 1. The van der Waals surface area contributed by atoms with Crippen LogP contribution in [-0.4, -0.2) is 72.5 Å². The Balaban J connectivity index is 1.46. The number of carboxylic acids is 1. The maximum Gasteiger partial charge on any atom is 0.328 e. The van der Waals surface area contributed by atoms with E-state index in [1.54, 1.807) is 4.90 Å². The summed E-state index contributed by atoms with van der Waals surface area (Å²) in [5, 5.41) is 18.3. The van der Waals surface area contributed by atoms with Crippen LogP contribution in [0.15, 0.2) is 24.3 Å². The van der Waals surface area contributed by atoms with Crippen molar-refractivity contribution >= 4 is 35.3 Å². The normalized spacial score (nSPS) is 19.8. The second-order valence-corrected chi connectivity index (χ2v) is 9.46. The zero-order chi connectivity index (χ0) is 24.5. The van der Waals surface area contributed by atoms with Crippen LogP contribution >= 0.6 is 11.6 Å². The molecule has 9 nitrogen and oxygen atoms in total. The van der Waals surface area contributed by atoms with Gasteiger partial charge in [-0.1, -0.05) is 11.6 Å². The number of hydrogen-bond donors (Lipinski definition) is 4. The number of piperidine rings is 2. The summed E-state index contributed by atoms with van der Waals surface area (Å²) in [6, 6.07) is 4.79. The lowest BCUT2D eigenvalue weighted by Gasteiger charge is -2.33. The lowest BCUT2D eigenvalue weighted by atomic mass is 9.92. The SMILES string of the molecule is O=C(N[C@@H](CNC(=O)[C@@H]1CCCN(C(=O)CCC2CCNCC2)C1)C(=O)O)c1ccc(Cl)cc1. The molecule has 10 heteroatoms. The molecule has 0 bridgehead atoms. The fraction of sp³-hybridized carbons (Fsp3) is 0.583. The minimum atomic E-state index is -1.28. The van der Waals surface area contributed by atoms with Gasteiger partial charge in [0, 0.05) is 36.6 Å². The molecule has 3 rings (SSSR count). The maximum atomic E-state index is 12.7. The third-order valence-electron chi connectivity index (χ3n) is 6.56. The zero-order valence-electron chi connectivity index (χ0n) is 19.2. The van der Waals surface area contributed by atoms with Crippen molar-refractivity contribution in [3.8, 4) is 0 Å². The summed E-state index contributed by atoms with van der Waals surface area (Å²) in [5.41, 5.74) is 0.271. The third-order valence-corrected chi connectivity index (χ3v) is 6.81. The van der Waals surface area contributed by atoms with Crippen molar-refractivity contribution in [2.75, 3.05) is 32.7 Å². The van der Waals surface area contributed by atoms with E-state index in [0.29, 0.717) is 36.9 Å². The summed E-state index contributed by atoms with van der Waals surface area (Å²) in [6.45, 7) is 2.74. The number of carboxylic acid groups (broad SMARTS) is 1. The summed E-state index contributed by atoms with van der Waals surface area (Å²) in [5.74, 6) is -1.86. The first-order valence-electron chi connectivity index (χ1n) is 11.9. The van der Waals surface area contributed by atoms with Crippen molar-refractivity contribution in [2.24, 2.45) is 11.8 Å². The van der Waals surface area contributed by atoms with Gasteiger partial charge in [-0.05, 0) is 75.4 Å². The highest BCUT2D eigenvalue weighted by Gasteiger charge is 2.30. The lowest BCUT2D eigenvalue weighted by Crippen LogP contribution is -2.51. The van der Waals surface area contributed by atoms with Crippen LogP contribution in [0.1, 0.15) is 48.9 Å². The van der Waals surface area contributed by atoms with E-state index in [1.807, 2.05) is 0 Å². The number of likely N-dealkylation sites (tertiary alicyclic amines) is 1. The van der Waals surface area contributed by atoms with Crippen molar-refractivity contribution in [1.29, 1.82) is 0 Å². The fourth-order valence-electron chi connectivity index (χ4n) is 4.46. The van der Waals surface area contributed by atoms with E-state index in [4.69, 9.17) is 11.6 Å². The van der Waals surface area contributed by atoms with Gasteiger partial charge in [0.25, 0.3) is 5.91 Å². The predicted molar refractivity (Wildman–Crippen MR) is 127 cm³/mol. The van der Waals surface area contributed by atoms with Crippen LogP contribution in [0.5, 0.6) is 0 Å². The molecule has 3 amide bonds. The van der Waals surface area contributed by atoms with Crippen LogP contribution in [0.25, 0.3) is 0 Å². The molecule has 2 heterocycles. The predicted octanol–water partition coefficient (Wildman–Crippen LogP) is 1.66. The number of hydrogen-bond acceptors (Lipinski definition) is 5. The number of halogens is 1. The average Bonchev–Trinajstić information content (AvgIpc) is 2.85. The monoisotopic (exact) mass is 492 g/mol. The fourth-order valence-corrected chi connectivity index (χ4v) is 4.59. The second kappa shape index (κ2) is 12.7. The number of benzene rings is 1. The van der Waals surface area contributed by atoms with Gasteiger partial charge in [0.1, 0.15) is 6.04 Å². The van der Waals surface area contributed by atoms with E-state index in [-0.39, 0.29) is 23.9 Å². The van der Waals surface area contributed by atoms with Crippen LogP contribution in [-0.2, 0) is 14.4 Å². The van der Waals surface area contributed by atoms with Crippen molar-refractivity contribution in [3.63, 3.8) is 0 Å². The van der Waals surface area contributed by atoms with Crippen LogP contribution < -0.4 is 16.0 Å². The second-order valence-electron chi connectivity index (χ2n) is 9.03. The van der Waals surface area contributed by atoms with Crippen molar-refractivity contribution < 1.29 is 24.3 Å². The number of carbonyl (C=O) groups is 4. The van der Waals surface area contributed by atoms with E-state index in [2.05, 4.69) is 16.0 Å². The summed E-state index contributed by atoms with van der Waals surface area (Å²) >= 11 is 5.81. The molecule has 34 heavy (non-hydrogen) atoms. The molecule has 186 valence electrons. The molecule has 0 saturated carbocycles. The van der Waals surface area contributed by atoms with E-state index in [0.717, 1.165) is 38.8 Å². The molecule has 1 aromatic carbocycles. The Kier molecular flexibility index (Phi) is 9.71. The van der Waals surface area contributed by atoms with E-state index < -0.39 is 23.8 Å². The highest BCUT2D eigenvalue weighted by molar-refractivity contribution is 6.30. The van der Waals surface area contributed by atoms with Gasteiger partial charge in [0.2, 0.25) is 11.8 Å². The van der Waals surface area contributed by atoms with Gasteiger partial charge >= 0.3 is 5.97 Å². The third kappa shape index (κ3) is 7.70. The van der Waals surface area contributed by atoms with Gasteiger partial charge in [0.15, 0.2) is 0 Å². The summed E-state index contributed by atoms with van der Waals surface area (Å²) in [4.78, 5) is 51.1. The Labute approximate surface area is 204 Å². The quantitative estimate of drug-likeness (QED) is 0.415. The van der Waals surface area contributed by atoms with E-state index in [9.17, 15) is 24.3 Å². The number of nitrogens with zero attached hydrogens (tertiary/aromatic N) is 1. The molecule has 0 aromatic heterocycles. The number of carbonyl (C=O) groups excluding carboxylic acids is 3. The molecule has 1 aromatic rings. The molecule has 0 aliphatic carbocycles. The molecule has 0 unspecified atom stereocenters. The van der Waals surface area contributed by atoms with Gasteiger partial charge in [-0.25, -0.2) is 4.79 Å². The topological polar surface area (TPSA) is 128 Å². The van der Waals surface area contributed by atoms with Crippen molar-refractivity contribution in [1.82, 2.24) is 20.9 Å². The molecule has 0 spiro atoms. The lowest BCUT2D eigenvalue weighted by molar-refractivity contribution is -0.139. The highest BCUT2D eigenvalue weighted by Crippen LogP contribution is 2.21. The number of nitrogens with one attached hydrogen (secondary N) is 3. The van der Waals surface area contributed by atoms with Crippen LogP contribution in [0.4, 0.5) is 0 Å². The summed E-state index contributed by atoms with van der Waals surface area (Å²) < 4.78 is 0. The molecule has 2 saturated heterocycles.